The minimum atomic E-state index is -0.932. The predicted octanol–water partition coefficient (Wildman–Crippen LogP) is 3.98. The number of likely N-dealkylation sites (N-methyl/N-ethyl adjacent to an activating group) is 1. The highest BCUT2D eigenvalue weighted by atomic mass is 35.5. The topological polar surface area (TPSA) is 41.3 Å². The molecule has 3 aromatic rings. The van der Waals surface area contributed by atoms with E-state index >= 15 is 0 Å². The molecule has 1 aromatic carbocycles. The van der Waals surface area contributed by atoms with Gasteiger partial charge >= 0.3 is 0 Å². The van der Waals surface area contributed by atoms with E-state index in [1.54, 1.807) is 12.4 Å². The smallest absolute Gasteiger partial charge is 0.107 e. The van der Waals surface area contributed by atoms with Gasteiger partial charge in [0.05, 0.1) is 6.54 Å². The summed E-state index contributed by atoms with van der Waals surface area (Å²) in [6, 6.07) is 9.90. The molecule has 26 heavy (non-hydrogen) atoms. The fourth-order valence-corrected chi connectivity index (χ4v) is 4.23. The molecule has 0 fully saturated rings. The SMILES string of the molecule is CCC(O)(Cn1c2c(c3cc(Cl)ccc31)CCN(C)C2)c1ccncc1. The Morgan fingerprint density at radius 1 is 1.23 bits per heavy atom. The Bertz CT molecular complexity index is 937. The van der Waals surface area contributed by atoms with Crippen molar-refractivity contribution in [2.24, 2.45) is 0 Å². The first kappa shape index (κ1) is 17.5. The molecule has 0 radical (unpaired) electrons. The van der Waals surface area contributed by atoms with Gasteiger partial charge in [-0.15, -0.1) is 0 Å². The Morgan fingerprint density at radius 3 is 2.73 bits per heavy atom. The molecule has 1 atom stereocenters. The van der Waals surface area contributed by atoms with Crippen LogP contribution in [0.15, 0.2) is 42.7 Å². The maximum absolute atomic E-state index is 11.5. The molecule has 136 valence electrons. The second-order valence-electron chi connectivity index (χ2n) is 7.28. The number of aliphatic hydroxyl groups is 1. The molecule has 0 spiro atoms. The molecular weight excluding hydrogens is 346 g/mol. The number of rotatable bonds is 4. The number of fused-ring (bicyclic) bond motifs is 3. The van der Waals surface area contributed by atoms with Crippen molar-refractivity contribution in [3.63, 3.8) is 0 Å². The van der Waals surface area contributed by atoms with Gasteiger partial charge in [-0.05, 0) is 61.3 Å². The maximum Gasteiger partial charge on any atom is 0.107 e. The van der Waals surface area contributed by atoms with Crippen molar-refractivity contribution in [3.05, 3.63) is 64.6 Å². The first-order valence-electron chi connectivity index (χ1n) is 9.13. The summed E-state index contributed by atoms with van der Waals surface area (Å²) in [7, 11) is 2.15. The lowest BCUT2D eigenvalue weighted by Gasteiger charge is -2.31. The molecule has 0 amide bonds. The van der Waals surface area contributed by atoms with Crippen LogP contribution < -0.4 is 0 Å². The van der Waals surface area contributed by atoms with Gasteiger partial charge in [-0.1, -0.05) is 18.5 Å². The van der Waals surface area contributed by atoms with Crippen molar-refractivity contribution in [3.8, 4) is 0 Å². The molecule has 1 aliphatic rings. The van der Waals surface area contributed by atoms with E-state index in [9.17, 15) is 5.11 Å². The second kappa shape index (κ2) is 6.69. The monoisotopic (exact) mass is 369 g/mol. The molecule has 1 N–H and O–H groups in total. The Kier molecular flexibility index (Phi) is 4.51. The molecule has 2 aromatic heterocycles. The predicted molar refractivity (Wildman–Crippen MR) is 105 cm³/mol. The van der Waals surface area contributed by atoms with Crippen LogP contribution in [0.4, 0.5) is 0 Å². The van der Waals surface area contributed by atoms with Crippen LogP contribution in [0.3, 0.4) is 0 Å². The number of pyridine rings is 1. The summed E-state index contributed by atoms with van der Waals surface area (Å²) in [5, 5.41) is 13.4. The van der Waals surface area contributed by atoms with Gasteiger partial charge in [0.15, 0.2) is 0 Å². The minimum Gasteiger partial charge on any atom is -0.383 e. The third-order valence-electron chi connectivity index (χ3n) is 5.63. The number of nitrogens with zero attached hydrogens (tertiary/aromatic N) is 3. The van der Waals surface area contributed by atoms with Crippen LogP contribution in [0.25, 0.3) is 10.9 Å². The maximum atomic E-state index is 11.5. The van der Waals surface area contributed by atoms with Crippen LogP contribution >= 0.6 is 11.6 Å². The zero-order valence-electron chi connectivity index (χ0n) is 15.2. The van der Waals surface area contributed by atoms with Crippen LogP contribution in [0.2, 0.25) is 5.02 Å². The van der Waals surface area contributed by atoms with E-state index < -0.39 is 5.60 Å². The van der Waals surface area contributed by atoms with Crippen molar-refractivity contribution in [2.75, 3.05) is 13.6 Å². The highest BCUT2D eigenvalue weighted by Crippen LogP contribution is 2.36. The summed E-state index contributed by atoms with van der Waals surface area (Å²) < 4.78 is 2.29. The molecule has 5 heteroatoms. The van der Waals surface area contributed by atoms with Gasteiger partial charge in [-0.3, -0.25) is 4.98 Å². The van der Waals surface area contributed by atoms with Gasteiger partial charge in [0, 0.05) is 47.1 Å². The van der Waals surface area contributed by atoms with Gasteiger partial charge in [-0.25, -0.2) is 0 Å². The third kappa shape index (κ3) is 2.92. The fourth-order valence-electron chi connectivity index (χ4n) is 4.06. The van der Waals surface area contributed by atoms with Crippen LogP contribution in [-0.4, -0.2) is 33.1 Å². The normalized spacial score (nSPS) is 17.2. The molecule has 4 nitrogen and oxygen atoms in total. The molecule has 0 saturated carbocycles. The molecule has 4 rings (SSSR count). The summed E-state index contributed by atoms with van der Waals surface area (Å²) in [6.07, 6.45) is 5.13. The molecule has 0 bridgehead atoms. The highest BCUT2D eigenvalue weighted by Gasteiger charge is 2.31. The summed E-state index contributed by atoms with van der Waals surface area (Å²) in [6.45, 7) is 4.48. The third-order valence-corrected chi connectivity index (χ3v) is 5.87. The van der Waals surface area contributed by atoms with Gasteiger partial charge in [0.1, 0.15) is 5.60 Å². The summed E-state index contributed by atoms with van der Waals surface area (Å²) in [5.41, 5.74) is 3.78. The molecule has 3 heterocycles. The number of aromatic nitrogens is 2. The van der Waals surface area contributed by atoms with E-state index in [1.807, 2.05) is 25.1 Å². The summed E-state index contributed by atoms with van der Waals surface area (Å²) >= 11 is 6.28. The fraction of sp³-hybridized carbons (Fsp3) is 0.381. The number of hydrogen-bond donors (Lipinski definition) is 1. The van der Waals surface area contributed by atoms with E-state index in [0.717, 1.165) is 35.6 Å². The number of benzene rings is 1. The molecule has 0 aliphatic carbocycles. The van der Waals surface area contributed by atoms with Gasteiger partial charge in [0.2, 0.25) is 0 Å². The highest BCUT2D eigenvalue weighted by molar-refractivity contribution is 6.31. The molecule has 1 aliphatic heterocycles. The molecule has 1 unspecified atom stereocenters. The number of halogens is 1. The van der Waals surface area contributed by atoms with E-state index in [0.29, 0.717) is 13.0 Å². The lowest BCUT2D eigenvalue weighted by atomic mass is 9.91. The van der Waals surface area contributed by atoms with Gasteiger partial charge < -0.3 is 14.6 Å². The average Bonchev–Trinajstić information content (AvgIpc) is 2.94. The standard InChI is InChI=1S/C21H24ClN3O/c1-3-21(26,15-6-9-23-10-7-15)14-25-19-5-4-16(22)12-18(19)17-8-11-24(2)13-20(17)25/h4-7,9-10,12,26H,3,8,11,13-14H2,1-2H3. The Balaban J connectivity index is 1.87. The molecule has 0 saturated heterocycles. The van der Waals surface area contributed by atoms with Gasteiger partial charge in [-0.2, -0.15) is 0 Å². The quantitative estimate of drug-likeness (QED) is 0.756. The molecular formula is C21H24ClN3O. The van der Waals surface area contributed by atoms with Crippen molar-refractivity contribution < 1.29 is 5.11 Å². The van der Waals surface area contributed by atoms with Crippen LogP contribution in [0, 0.1) is 0 Å². The van der Waals surface area contributed by atoms with Crippen LogP contribution in [-0.2, 0) is 25.1 Å². The van der Waals surface area contributed by atoms with Gasteiger partial charge in [0.25, 0.3) is 0 Å². The minimum absolute atomic E-state index is 0.523. The largest absolute Gasteiger partial charge is 0.383 e. The van der Waals surface area contributed by atoms with Crippen LogP contribution in [0.5, 0.6) is 0 Å². The van der Waals surface area contributed by atoms with Crippen molar-refractivity contribution >= 4 is 22.5 Å². The Labute approximate surface area is 159 Å². The lowest BCUT2D eigenvalue weighted by molar-refractivity contribution is 0.0142. The average molecular weight is 370 g/mol. The van der Waals surface area contributed by atoms with Crippen molar-refractivity contribution in [2.45, 2.75) is 38.5 Å². The zero-order valence-corrected chi connectivity index (χ0v) is 16.0. The van der Waals surface area contributed by atoms with E-state index in [1.165, 1.54) is 16.6 Å². The van der Waals surface area contributed by atoms with Crippen molar-refractivity contribution in [1.29, 1.82) is 0 Å². The lowest BCUT2D eigenvalue weighted by Crippen LogP contribution is -2.33. The zero-order chi connectivity index (χ0) is 18.3. The van der Waals surface area contributed by atoms with Crippen LogP contribution in [0.1, 0.15) is 30.2 Å². The second-order valence-corrected chi connectivity index (χ2v) is 7.72. The summed E-state index contributed by atoms with van der Waals surface area (Å²) in [4.78, 5) is 6.42. The van der Waals surface area contributed by atoms with E-state index in [-0.39, 0.29) is 0 Å². The summed E-state index contributed by atoms with van der Waals surface area (Å²) in [5.74, 6) is 0. The Morgan fingerprint density at radius 2 is 2.00 bits per heavy atom. The first-order valence-corrected chi connectivity index (χ1v) is 9.50. The van der Waals surface area contributed by atoms with Crippen molar-refractivity contribution in [1.82, 2.24) is 14.5 Å². The Hall–Kier alpha value is -1.88. The van der Waals surface area contributed by atoms with E-state index in [4.69, 9.17) is 11.6 Å². The number of hydrogen-bond acceptors (Lipinski definition) is 3. The first-order chi connectivity index (χ1) is 12.5. The van der Waals surface area contributed by atoms with E-state index in [2.05, 4.69) is 33.6 Å².